The van der Waals surface area contributed by atoms with Crippen molar-refractivity contribution in [2.45, 2.75) is 6.92 Å². The molecule has 1 aromatic heterocycles. The molecule has 0 atom stereocenters. The quantitative estimate of drug-likeness (QED) is 0.580. The van der Waals surface area contributed by atoms with Gasteiger partial charge in [-0.2, -0.15) is 0 Å². The molecule has 38 valence electrons. The van der Waals surface area contributed by atoms with E-state index in [2.05, 4.69) is 20.9 Å². The lowest BCUT2D eigenvalue weighted by Gasteiger charge is -1.68. The minimum absolute atomic E-state index is 0.687. The predicted octanol–water partition coefficient (Wildman–Crippen LogP) is 1.75. The first-order valence-corrected chi connectivity index (χ1v) is 2.66. The van der Waals surface area contributed by atoms with Gasteiger partial charge in [-0.1, -0.05) is 0 Å². The second-order valence-electron chi connectivity index (χ2n) is 1.19. The number of nitrogens with zero attached hydrogens (tertiary/aromatic N) is 1. The summed E-state index contributed by atoms with van der Waals surface area (Å²) in [5.41, 5.74) is 0. The molecule has 0 amide bonds. The normalized spacial score (nSPS) is 9.43. The molecule has 3 heteroatoms. The first-order valence-electron chi connectivity index (χ1n) is 1.86. The minimum Gasteiger partial charge on any atom is -0.448 e. The number of oxazole rings is 1. The summed E-state index contributed by atoms with van der Waals surface area (Å²) in [4.78, 5) is 3.86. The Morgan fingerprint density at radius 2 is 2.57 bits per heavy atom. The van der Waals surface area contributed by atoms with Gasteiger partial charge in [-0.15, -0.1) is 0 Å². The number of aryl methyl sites for hydroxylation is 1. The fraction of sp³-hybridized carbons (Fsp3) is 0.250. The van der Waals surface area contributed by atoms with Crippen molar-refractivity contribution < 1.29 is 4.42 Å². The van der Waals surface area contributed by atoms with E-state index in [1.165, 1.54) is 0 Å². The molecule has 1 heterocycles. The zero-order valence-corrected chi connectivity index (χ0v) is 5.40. The number of aromatic nitrogens is 1. The fourth-order valence-corrected chi connectivity index (χ4v) is 0.680. The average molecular weight is 162 g/mol. The highest BCUT2D eigenvalue weighted by molar-refractivity contribution is 9.10. The van der Waals surface area contributed by atoms with E-state index in [0.717, 1.165) is 4.60 Å². The third kappa shape index (κ3) is 1.03. The van der Waals surface area contributed by atoms with Crippen LogP contribution in [0.4, 0.5) is 0 Å². The van der Waals surface area contributed by atoms with E-state index >= 15 is 0 Å². The lowest BCUT2D eigenvalue weighted by atomic mass is 10.8. The first-order chi connectivity index (χ1) is 3.29. The number of hydrogen-bond donors (Lipinski definition) is 0. The fourth-order valence-electron chi connectivity index (χ4n) is 0.337. The van der Waals surface area contributed by atoms with Crippen molar-refractivity contribution in [2.75, 3.05) is 0 Å². The smallest absolute Gasteiger partial charge is 0.191 e. The van der Waals surface area contributed by atoms with Crippen molar-refractivity contribution in [1.29, 1.82) is 0 Å². The minimum atomic E-state index is 0.687. The van der Waals surface area contributed by atoms with Crippen molar-refractivity contribution in [2.24, 2.45) is 0 Å². The molecule has 0 fully saturated rings. The molecular formula is C4H4BrNO. The molecule has 1 aromatic rings. The van der Waals surface area contributed by atoms with Crippen LogP contribution in [0.5, 0.6) is 0 Å². The molecule has 0 radical (unpaired) electrons. The van der Waals surface area contributed by atoms with E-state index in [1.54, 1.807) is 13.2 Å². The van der Waals surface area contributed by atoms with Gasteiger partial charge >= 0.3 is 0 Å². The topological polar surface area (TPSA) is 26.0 Å². The van der Waals surface area contributed by atoms with E-state index in [-0.39, 0.29) is 0 Å². The molecule has 2 nitrogen and oxygen atoms in total. The number of halogens is 1. The zero-order valence-electron chi connectivity index (χ0n) is 3.81. The van der Waals surface area contributed by atoms with Gasteiger partial charge in [0.2, 0.25) is 0 Å². The summed E-state index contributed by atoms with van der Waals surface area (Å²) < 4.78 is 5.56. The molecular weight excluding hydrogens is 158 g/mol. The van der Waals surface area contributed by atoms with E-state index in [1.807, 2.05) is 0 Å². The Labute approximate surface area is 49.7 Å². The summed E-state index contributed by atoms with van der Waals surface area (Å²) in [5, 5.41) is 0. The molecule has 0 aliphatic carbocycles. The molecule has 0 spiro atoms. The Morgan fingerprint density at radius 3 is 2.71 bits per heavy atom. The van der Waals surface area contributed by atoms with Crippen LogP contribution in [0, 0.1) is 6.92 Å². The van der Waals surface area contributed by atoms with Crippen LogP contribution in [-0.2, 0) is 0 Å². The molecule has 7 heavy (non-hydrogen) atoms. The molecule has 0 aromatic carbocycles. The van der Waals surface area contributed by atoms with Crippen molar-refractivity contribution >= 4 is 15.9 Å². The van der Waals surface area contributed by atoms with Crippen molar-refractivity contribution in [3.63, 3.8) is 0 Å². The van der Waals surface area contributed by atoms with Gasteiger partial charge < -0.3 is 4.42 Å². The van der Waals surface area contributed by atoms with E-state index in [4.69, 9.17) is 4.42 Å². The van der Waals surface area contributed by atoms with Crippen LogP contribution < -0.4 is 0 Å². The number of rotatable bonds is 0. The Morgan fingerprint density at radius 1 is 1.86 bits per heavy atom. The van der Waals surface area contributed by atoms with Crippen molar-refractivity contribution in [3.8, 4) is 0 Å². The highest BCUT2D eigenvalue weighted by Crippen LogP contribution is 2.06. The van der Waals surface area contributed by atoms with Gasteiger partial charge in [0.25, 0.3) is 0 Å². The average Bonchev–Trinajstić information content (AvgIpc) is 1.87. The van der Waals surface area contributed by atoms with Gasteiger partial charge in [-0.3, -0.25) is 0 Å². The highest BCUT2D eigenvalue weighted by atomic mass is 79.9. The van der Waals surface area contributed by atoms with Crippen LogP contribution in [0.15, 0.2) is 15.3 Å². The van der Waals surface area contributed by atoms with Crippen LogP contribution in [0.25, 0.3) is 0 Å². The lowest BCUT2D eigenvalue weighted by molar-refractivity contribution is 0.521. The van der Waals surface area contributed by atoms with Crippen molar-refractivity contribution in [3.05, 3.63) is 16.8 Å². The Hall–Kier alpha value is -0.310. The first kappa shape index (κ1) is 4.84. The molecule has 0 aliphatic heterocycles. The summed E-state index contributed by atoms with van der Waals surface area (Å²) in [7, 11) is 0. The van der Waals surface area contributed by atoms with Crippen LogP contribution >= 0.6 is 15.9 Å². The Bertz CT molecular complexity index is 144. The third-order valence-electron chi connectivity index (χ3n) is 0.591. The van der Waals surface area contributed by atoms with Gasteiger partial charge in [0.15, 0.2) is 5.89 Å². The Balaban J connectivity index is 3.04. The van der Waals surface area contributed by atoms with Crippen molar-refractivity contribution in [1.82, 2.24) is 4.98 Å². The second kappa shape index (κ2) is 1.66. The highest BCUT2D eigenvalue weighted by Gasteiger charge is 1.89. The van der Waals surface area contributed by atoms with Crippen LogP contribution in [0.2, 0.25) is 0 Å². The second-order valence-corrected chi connectivity index (χ2v) is 2.00. The van der Waals surface area contributed by atoms with E-state index in [9.17, 15) is 0 Å². The predicted molar refractivity (Wildman–Crippen MR) is 28.9 cm³/mol. The maximum atomic E-state index is 4.81. The van der Waals surface area contributed by atoms with Gasteiger partial charge in [0.1, 0.15) is 10.9 Å². The van der Waals surface area contributed by atoms with Crippen LogP contribution in [0.3, 0.4) is 0 Å². The Kier molecular flexibility index (Phi) is 1.15. The zero-order chi connectivity index (χ0) is 5.28. The van der Waals surface area contributed by atoms with Gasteiger partial charge in [-0.25, -0.2) is 4.98 Å². The van der Waals surface area contributed by atoms with Crippen LogP contribution in [0.1, 0.15) is 5.89 Å². The maximum Gasteiger partial charge on any atom is 0.191 e. The van der Waals surface area contributed by atoms with Crippen LogP contribution in [-0.4, -0.2) is 4.98 Å². The van der Waals surface area contributed by atoms with Gasteiger partial charge in [0.05, 0.1) is 0 Å². The molecule has 0 bridgehead atoms. The third-order valence-corrected chi connectivity index (χ3v) is 0.955. The molecule has 0 N–H and O–H groups in total. The van der Waals surface area contributed by atoms with E-state index < -0.39 is 0 Å². The number of hydrogen-bond acceptors (Lipinski definition) is 2. The largest absolute Gasteiger partial charge is 0.448 e. The summed E-state index contributed by atoms with van der Waals surface area (Å²) >= 11 is 3.13. The monoisotopic (exact) mass is 161 g/mol. The summed E-state index contributed by atoms with van der Waals surface area (Å²) in [6, 6.07) is 0. The molecule has 0 saturated heterocycles. The summed E-state index contributed by atoms with van der Waals surface area (Å²) in [6.45, 7) is 1.80. The summed E-state index contributed by atoms with van der Waals surface area (Å²) in [5.74, 6) is 0.687. The molecule has 0 unspecified atom stereocenters. The van der Waals surface area contributed by atoms with E-state index in [0.29, 0.717) is 5.89 Å². The van der Waals surface area contributed by atoms with Gasteiger partial charge in [0, 0.05) is 6.92 Å². The van der Waals surface area contributed by atoms with Gasteiger partial charge in [-0.05, 0) is 15.9 Å². The molecule has 0 saturated carbocycles. The SMILES string of the molecule is Cc1nc(Br)co1. The maximum absolute atomic E-state index is 4.81. The molecule has 0 aliphatic rings. The summed E-state index contributed by atoms with van der Waals surface area (Å²) in [6.07, 6.45) is 1.55. The lowest BCUT2D eigenvalue weighted by Crippen LogP contribution is -1.63. The molecule has 1 rings (SSSR count). The standard InChI is InChI=1S/C4H4BrNO/c1-3-6-4(5)2-7-3/h2H,1H3.